The molecule has 5 rings (SSSR count). The topological polar surface area (TPSA) is 68.5 Å². The van der Waals surface area contributed by atoms with Crippen LogP contribution in [0, 0.1) is 5.82 Å². The number of dihydropyridines is 1. The predicted octanol–water partition coefficient (Wildman–Crippen LogP) is 4.83. The summed E-state index contributed by atoms with van der Waals surface area (Å²) in [6, 6.07) is 16.8. The summed E-state index contributed by atoms with van der Waals surface area (Å²) in [7, 11) is 1.31. The molecule has 3 aromatic rings. The highest BCUT2D eigenvalue weighted by atomic mass is 19.1. The second-order valence-electron chi connectivity index (χ2n) is 7.46. The average Bonchev–Trinajstić information content (AvgIpc) is 3.37. The van der Waals surface area contributed by atoms with Crippen molar-refractivity contribution in [3.63, 3.8) is 0 Å². The number of carbonyl (C=O) groups excluding carboxylic acids is 2. The van der Waals surface area contributed by atoms with E-state index in [1.807, 2.05) is 18.2 Å². The van der Waals surface area contributed by atoms with Gasteiger partial charge in [0.2, 0.25) is 0 Å². The van der Waals surface area contributed by atoms with Crippen LogP contribution >= 0.6 is 0 Å². The quantitative estimate of drug-likeness (QED) is 0.621. The van der Waals surface area contributed by atoms with Gasteiger partial charge in [0.05, 0.1) is 24.3 Å². The number of methoxy groups -OCH3 is 1. The fourth-order valence-corrected chi connectivity index (χ4v) is 4.27. The van der Waals surface area contributed by atoms with E-state index in [1.165, 1.54) is 19.2 Å². The summed E-state index contributed by atoms with van der Waals surface area (Å²) < 4.78 is 24.4. The first-order chi connectivity index (χ1) is 15.0. The van der Waals surface area contributed by atoms with E-state index in [-0.39, 0.29) is 11.6 Å². The van der Waals surface area contributed by atoms with Crippen LogP contribution in [-0.2, 0) is 9.53 Å². The predicted molar refractivity (Wildman–Crippen MR) is 112 cm³/mol. The Morgan fingerprint density at radius 3 is 2.45 bits per heavy atom. The molecule has 2 heterocycles. The lowest BCUT2D eigenvalue weighted by Crippen LogP contribution is -2.28. The van der Waals surface area contributed by atoms with Crippen LogP contribution in [0.15, 0.2) is 81.9 Å². The number of Topliss-reactive ketones (excluding diaryl/α,β-unsaturated/α-hetero) is 1. The van der Waals surface area contributed by atoms with Crippen LogP contribution in [0.4, 0.5) is 4.39 Å². The van der Waals surface area contributed by atoms with Gasteiger partial charge in [-0.3, -0.25) is 4.79 Å². The molecule has 0 amide bonds. The van der Waals surface area contributed by atoms with Gasteiger partial charge in [-0.15, -0.1) is 0 Å². The molecular formula is C25H18FNO4. The molecule has 1 atom stereocenters. The van der Waals surface area contributed by atoms with Crippen LogP contribution < -0.4 is 5.32 Å². The molecule has 154 valence electrons. The fourth-order valence-electron chi connectivity index (χ4n) is 4.27. The maximum absolute atomic E-state index is 13.3. The van der Waals surface area contributed by atoms with Crippen molar-refractivity contribution < 1.29 is 23.1 Å². The third-order valence-electron chi connectivity index (χ3n) is 5.69. The van der Waals surface area contributed by atoms with Gasteiger partial charge in [-0.25, -0.2) is 9.18 Å². The van der Waals surface area contributed by atoms with Crippen molar-refractivity contribution in [2.45, 2.75) is 12.8 Å². The lowest BCUT2D eigenvalue weighted by Gasteiger charge is -2.27. The second kappa shape index (κ2) is 7.09. The summed E-state index contributed by atoms with van der Waals surface area (Å²) in [5.74, 6) is -0.807. The first-order valence-corrected chi connectivity index (χ1v) is 9.79. The van der Waals surface area contributed by atoms with E-state index in [0.717, 1.165) is 5.56 Å². The highest BCUT2D eigenvalue weighted by Gasteiger charge is 2.44. The van der Waals surface area contributed by atoms with Gasteiger partial charge in [0.15, 0.2) is 5.78 Å². The number of furan rings is 1. The zero-order valence-corrected chi connectivity index (χ0v) is 16.9. The molecule has 0 unspecified atom stereocenters. The molecule has 0 radical (unpaired) electrons. The number of ether oxygens (including phenoxy) is 1. The zero-order chi connectivity index (χ0) is 21.7. The smallest absolute Gasteiger partial charge is 0.336 e. The van der Waals surface area contributed by atoms with Gasteiger partial charge in [0.1, 0.15) is 17.3 Å². The van der Waals surface area contributed by atoms with E-state index in [2.05, 4.69) is 5.32 Å². The van der Waals surface area contributed by atoms with Crippen LogP contribution in [0.1, 0.15) is 34.5 Å². The van der Waals surface area contributed by atoms with E-state index >= 15 is 0 Å². The van der Waals surface area contributed by atoms with Crippen LogP contribution in [0.2, 0.25) is 0 Å². The van der Waals surface area contributed by atoms with Crippen LogP contribution in [0.5, 0.6) is 0 Å². The maximum Gasteiger partial charge on any atom is 0.336 e. The molecule has 5 nitrogen and oxygen atoms in total. The fraction of sp³-hybridized carbons (Fsp3) is 0.120. The minimum atomic E-state index is -0.724. The van der Waals surface area contributed by atoms with Crippen LogP contribution in [0.3, 0.4) is 0 Å². The summed E-state index contributed by atoms with van der Waals surface area (Å²) in [6.45, 7) is 1.78. The third-order valence-corrected chi connectivity index (χ3v) is 5.69. The molecule has 2 aliphatic rings. The maximum atomic E-state index is 13.3. The number of ketones is 1. The van der Waals surface area contributed by atoms with Gasteiger partial charge in [0.25, 0.3) is 0 Å². The molecule has 0 bridgehead atoms. The molecule has 2 aromatic carbocycles. The Kier molecular flexibility index (Phi) is 4.36. The van der Waals surface area contributed by atoms with Gasteiger partial charge in [0, 0.05) is 28.0 Å². The van der Waals surface area contributed by atoms with E-state index in [9.17, 15) is 14.0 Å². The van der Waals surface area contributed by atoms with Crippen LogP contribution in [0.25, 0.3) is 17.0 Å². The van der Waals surface area contributed by atoms with E-state index in [0.29, 0.717) is 45.2 Å². The van der Waals surface area contributed by atoms with Gasteiger partial charge in [-0.05, 0) is 43.3 Å². The highest BCUT2D eigenvalue weighted by molar-refractivity contribution is 6.23. The van der Waals surface area contributed by atoms with E-state index in [1.54, 1.807) is 37.3 Å². The van der Waals surface area contributed by atoms with Gasteiger partial charge in [-0.1, -0.05) is 24.3 Å². The SMILES string of the molecule is COC(=O)C1=C(C)NC2=C(C(=O)c3ccccc32)[C@H]1c1ccc(-c2ccc(F)cc2)o1. The largest absolute Gasteiger partial charge is 0.466 e. The molecule has 31 heavy (non-hydrogen) atoms. The molecule has 0 saturated heterocycles. The number of allylic oxidation sites excluding steroid dienone is 2. The Labute approximate surface area is 177 Å². The van der Waals surface area contributed by atoms with Crippen LogP contribution in [-0.4, -0.2) is 18.9 Å². The summed E-state index contributed by atoms with van der Waals surface area (Å²) in [4.78, 5) is 26.0. The lowest BCUT2D eigenvalue weighted by atomic mass is 9.83. The molecule has 1 N–H and O–H groups in total. The number of benzene rings is 2. The van der Waals surface area contributed by atoms with Gasteiger partial charge in [-0.2, -0.15) is 0 Å². The average molecular weight is 415 g/mol. The second-order valence-corrected chi connectivity index (χ2v) is 7.46. The molecule has 1 aliphatic heterocycles. The number of nitrogens with one attached hydrogen (secondary N) is 1. The molecular weight excluding hydrogens is 397 g/mol. The Balaban J connectivity index is 1.67. The summed E-state index contributed by atoms with van der Waals surface area (Å²) in [6.07, 6.45) is 0. The first kappa shape index (κ1) is 19.1. The third kappa shape index (κ3) is 2.91. The molecule has 1 aliphatic carbocycles. The van der Waals surface area contributed by atoms with Crippen molar-refractivity contribution in [2.75, 3.05) is 7.11 Å². The van der Waals surface area contributed by atoms with Gasteiger partial charge < -0.3 is 14.5 Å². The number of carbonyl (C=O) groups is 2. The summed E-state index contributed by atoms with van der Waals surface area (Å²) in [5, 5.41) is 3.23. The number of esters is 1. The van der Waals surface area contributed by atoms with Crippen molar-refractivity contribution in [3.8, 4) is 11.3 Å². The molecule has 0 spiro atoms. The normalized spacial score (nSPS) is 17.4. The standard InChI is InChI=1S/C25H18FNO4/c1-13-20(25(29)30-2)21(19-12-11-18(31-19)14-7-9-15(26)10-8-14)22-23(27-13)16-5-3-4-6-17(16)24(22)28/h3-12,21,27H,1-2H3/t21-/m0/s1. The Bertz CT molecular complexity index is 1300. The van der Waals surface area contributed by atoms with Crippen molar-refractivity contribution in [2.24, 2.45) is 0 Å². The molecule has 0 fully saturated rings. The lowest BCUT2D eigenvalue weighted by molar-refractivity contribution is -0.136. The van der Waals surface area contributed by atoms with E-state index < -0.39 is 11.9 Å². The Morgan fingerprint density at radius 2 is 1.74 bits per heavy atom. The van der Waals surface area contributed by atoms with Crippen molar-refractivity contribution >= 4 is 17.4 Å². The zero-order valence-electron chi connectivity index (χ0n) is 16.9. The van der Waals surface area contributed by atoms with Crippen molar-refractivity contribution in [3.05, 3.63) is 100 Å². The van der Waals surface area contributed by atoms with Crippen molar-refractivity contribution in [1.82, 2.24) is 5.32 Å². The number of hydrogen-bond acceptors (Lipinski definition) is 5. The Hall–Kier alpha value is -3.93. The van der Waals surface area contributed by atoms with Gasteiger partial charge >= 0.3 is 5.97 Å². The number of fused-ring (bicyclic) bond motifs is 2. The monoisotopic (exact) mass is 415 g/mol. The number of halogens is 1. The summed E-state index contributed by atoms with van der Waals surface area (Å²) >= 11 is 0. The Morgan fingerprint density at radius 1 is 1.03 bits per heavy atom. The number of hydrogen-bond donors (Lipinski definition) is 1. The first-order valence-electron chi connectivity index (χ1n) is 9.79. The van der Waals surface area contributed by atoms with E-state index in [4.69, 9.17) is 9.15 Å². The minimum Gasteiger partial charge on any atom is -0.466 e. The highest BCUT2D eigenvalue weighted by Crippen LogP contribution is 2.47. The molecule has 6 heteroatoms. The summed E-state index contributed by atoms with van der Waals surface area (Å²) in [5.41, 5.74) is 4.11. The number of rotatable bonds is 3. The molecule has 1 aromatic heterocycles. The van der Waals surface area contributed by atoms with Crippen molar-refractivity contribution in [1.29, 1.82) is 0 Å². The minimum absolute atomic E-state index is 0.156. The molecule has 0 saturated carbocycles.